The van der Waals surface area contributed by atoms with Gasteiger partial charge in [0.05, 0.1) is 10.6 Å². The Balaban J connectivity index is 1.83. The van der Waals surface area contributed by atoms with Crippen molar-refractivity contribution in [3.8, 4) is 0 Å². The number of halogens is 3. The molecule has 0 aromatic heterocycles. The maximum Gasteiger partial charge on any atom is 0.264 e. The number of carbonyl (C=O) groups is 2. The van der Waals surface area contributed by atoms with Gasteiger partial charge < -0.3 is 10.2 Å². The quantitative estimate of drug-likeness (QED) is 0.156. The highest BCUT2D eigenvalue weighted by Gasteiger charge is 2.35. The number of hydrogen-bond donors (Lipinski definition) is 1. The van der Waals surface area contributed by atoms with Gasteiger partial charge in [0, 0.05) is 34.6 Å². The molecule has 0 radical (unpaired) electrons. The molecule has 4 aromatic carbocycles. The number of rotatable bonds is 13. The average Bonchev–Trinajstić information content (AvgIpc) is 3.03. The molecule has 0 fully saturated rings. The minimum absolute atomic E-state index is 0.0106. The minimum atomic E-state index is -4.25. The molecule has 7 nitrogen and oxygen atoms in total. The number of aryl methyl sites for hydroxylation is 2. The number of hydrogen-bond acceptors (Lipinski definition) is 4. The molecule has 0 heterocycles. The van der Waals surface area contributed by atoms with Crippen LogP contribution in [0, 0.1) is 13.8 Å². The van der Waals surface area contributed by atoms with Crippen LogP contribution in [0.2, 0.25) is 15.1 Å². The number of nitrogens with one attached hydrogen (secondary N) is 1. The van der Waals surface area contributed by atoms with Crippen LogP contribution in [0.4, 0.5) is 5.69 Å². The van der Waals surface area contributed by atoms with Crippen LogP contribution in [0.15, 0.2) is 95.9 Å². The zero-order chi connectivity index (χ0) is 33.4. The van der Waals surface area contributed by atoms with E-state index in [0.29, 0.717) is 33.6 Å². The molecule has 1 N–H and O–H groups in total. The third-order valence-electron chi connectivity index (χ3n) is 7.51. The van der Waals surface area contributed by atoms with Gasteiger partial charge in [-0.1, -0.05) is 102 Å². The molecule has 0 unspecified atom stereocenters. The Labute approximate surface area is 286 Å². The Morgan fingerprint density at radius 1 is 0.848 bits per heavy atom. The van der Waals surface area contributed by atoms with Gasteiger partial charge in [0.1, 0.15) is 12.6 Å². The summed E-state index contributed by atoms with van der Waals surface area (Å²) in [7, 11) is -4.25. The Bertz CT molecular complexity index is 1790. The van der Waals surface area contributed by atoms with Crippen LogP contribution >= 0.6 is 34.8 Å². The Morgan fingerprint density at radius 3 is 2.17 bits per heavy atom. The van der Waals surface area contributed by atoms with Crippen molar-refractivity contribution in [2.45, 2.75) is 51.1 Å². The number of benzene rings is 4. The second kappa shape index (κ2) is 15.8. The smallest absolute Gasteiger partial charge is 0.264 e. The van der Waals surface area contributed by atoms with Gasteiger partial charge in [0.15, 0.2) is 0 Å². The summed E-state index contributed by atoms with van der Waals surface area (Å²) in [6.07, 6.45) is 0.881. The minimum Gasteiger partial charge on any atom is -0.354 e. The van der Waals surface area contributed by atoms with Crippen molar-refractivity contribution >= 4 is 62.3 Å². The highest BCUT2D eigenvalue weighted by molar-refractivity contribution is 7.92. The van der Waals surface area contributed by atoms with Crippen molar-refractivity contribution in [2.24, 2.45) is 0 Å². The third kappa shape index (κ3) is 8.82. The first-order valence-corrected chi connectivity index (χ1v) is 17.4. The molecule has 0 aliphatic carbocycles. The second-order valence-electron chi connectivity index (χ2n) is 11.0. The van der Waals surface area contributed by atoms with Crippen molar-refractivity contribution in [3.05, 3.63) is 128 Å². The fraction of sp³-hybridized carbons (Fsp3) is 0.257. The standard InChI is InChI=1S/C35H36Cl3N3O4S/c1-4-18-39-35(43)33(19-26-8-6-5-7-9-26)40(22-27-13-14-28(36)20-32(27)38)34(42)23-41(29-15-12-25(3)31(37)21-29)46(44,45)30-16-10-24(2)11-17-30/h5-17,20-21,33H,4,18-19,22-23H2,1-3H3,(H,39,43)/t33-/m0/s1. The molecule has 242 valence electrons. The van der Waals surface area contributed by atoms with Crippen molar-refractivity contribution in [1.82, 2.24) is 10.2 Å². The van der Waals surface area contributed by atoms with Gasteiger partial charge in [-0.2, -0.15) is 0 Å². The van der Waals surface area contributed by atoms with E-state index in [1.54, 1.807) is 49.4 Å². The highest BCUT2D eigenvalue weighted by atomic mass is 35.5. The van der Waals surface area contributed by atoms with Gasteiger partial charge in [-0.3, -0.25) is 13.9 Å². The molecule has 1 atom stereocenters. The van der Waals surface area contributed by atoms with Gasteiger partial charge in [0.2, 0.25) is 11.8 Å². The second-order valence-corrected chi connectivity index (χ2v) is 14.1. The van der Waals surface area contributed by atoms with Crippen LogP contribution in [-0.4, -0.2) is 44.3 Å². The average molecular weight is 701 g/mol. The summed E-state index contributed by atoms with van der Waals surface area (Å²) < 4.78 is 29.4. The molecule has 0 aliphatic heterocycles. The number of nitrogens with zero attached hydrogens (tertiary/aromatic N) is 2. The maximum absolute atomic E-state index is 14.5. The first kappa shape index (κ1) is 35.3. The van der Waals surface area contributed by atoms with Crippen LogP contribution in [0.25, 0.3) is 0 Å². The van der Waals surface area contributed by atoms with Crippen molar-refractivity contribution in [3.63, 3.8) is 0 Å². The zero-order valence-electron chi connectivity index (χ0n) is 25.8. The molecular formula is C35H36Cl3N3O4S. The summed E-state index contributed by atoms with van der Waals surface area (Å²) in [5, 5.41) is 4.00. The van der Waals surface area contributed by atoms with E-state index in [-0.39, 0.29) is 29.5 Å². The van der Waals surface area contributed by atoms with Gasteiger partial charge in [0.25, 0.3) is 10.0 Å². The number of anilines is 1. The molecule has 46 heavy (non-hydrogen) atoms. The van der Waals surface area contributed by atoms with E-state index < -0.39 is 28.5 Å². The molecule has 0 aliphatic rings. The van der Waals surface area contributed by atoms with Crippen LogP contribution in [-0.2, 0) is 32.6 Å². The van der Waals surface area contributed by atoms with E-state index in [2.05, 4.69) is 5.32 Å². The Hall–Kier alpha value is -3.56. The fourth-order valence-corrected chi connectivity index (χ4v) is 6.91. The molecule has 11 heteroatoms. The molecule has 0 saturated carbocycles. The summed E-state index contributed by atoms with van der Waals surface area (Å²) in [6, 6.07) is 24.5. The predicted octanol–water partition coefficient (Wildman–Crippen LogP) is 7.63. The summed E-state index contributed by atoms with van der Waals surface area (Å²) in [4.78, 5) is 29.7. The van der Waals surface area contributed by atoms with E-state index in [4.69, 9.17) is 34.8 Å². The highest BCUT2D eigenvalue weighted by Crippen LogP contribution is 2.30. The largest absolute Gasteiger partial charge is 0.354 e. The van der Waals surface area contributed by atoms with Gasteiger partial charge in [-0.15, -0.1) is 0 Å². The lowest BCUT2D eigenvalue weighted by Crippen LogP contribution is -2.53. The monoisotopic (exact) mass is 699 g/mol. The number of amides is 2. The third-order valence-corrected chi connectivity index (χ3v) is 10.3. The lowest BCUT2D eigenvalue weighted by molar-refractivity contribution is -0.140. The van der Waals surface area contributed by atoms with Crippen molar-refractivity contribution < 1.29 is 18.0 Å². The van der Waals surface area contributed by atoms with Crippen LogP contribution in [0.1, 0.15) is 35.6 Å². The summed E-state index contributed by atoms with van der Waals surface area (Å²) >= 11 is 19.2. The fourth-order valence-electron chi connectivity index (χ4n) is 4.86. The summed E-state index contributed by atoms with van der Waals surface area (Å²) in [5.74, 6) is -0.971. The Morgan fingerprint density at radius 2 is 1.54 bits per heavy atom. The van der Waals surface area contributed by atoms with E-state index in [1.165, 1.54) is 23.1 Å². The number of sulfonamides is 1. The molecule has 4 rings (SSSR count). The zero-order valence-corrected chi connectivity index (χ0v) is 28.9. The SMILES string of the molecule is CCCNC(=O)[C@H](Cc1ccccc1)N(Cc1ccc(Cl)cc1Cl)C(=O)CN(c1ccc(C)c(Cl)c1)S(=O)(=O)c1ccc(C)cc1. The van der Waals surface area contributed by atoms with Crippen LogP contribution in [0.5, 0.6) is 0 Å². The lowest BCUT2D eigenvalue weighted by Gasteiger charge is -2.34. The van der Waals surface area contributed by atoms with E-state index >= 15 is 0 Å². The molecule has 2 amide bonds. The van der Waals surface area contributed by atoms with E-state index in [9.17, 15) is 18.0 Å². The van der Waals surface area contributed by atoms with E-state index in [1.807, 2.05) is 44.2 Å². The Kier molecular flexibility index (Phi) is 12.1. The van der Waals surface area contributed by atoms with Crippen LogP contribution in [0.3, 0.4) is 0 Å². The molecule has 0 bridgehead atoms. The van der Waals surface area contributed by atoms with Gasteiger partial charge in [-0.05, 0) is 73.4 Å². The topological polar surface area (TPSA) is 86.8 Å². The maximum atomic E-state index is 14.5. The van der Waals surface area contributed by atoms with E-state index in [0.717, 1.165) is 21.0 Å². The summed E-state index contributed by atoms with van der Waals surface area (Å²) in [6.45, 7) is 5.32. The molecule has 0 spiro atoms. The lowest BCUT2D eigenvalue weighted by atomic mass is 10.0. The van der Waals surface area contributed by atoms with Gasteiger partial charge in [-0.25, -0.2) is 8.42 Å². The molecule has 4 aromatic rings. The molecular weight excluding hydrogens is 665 g/mol. The summed E-state index contributed by atoms with van der Waals surface area (Å²) in [5.41, 5.74) is 3.22. The predicted molar refractivity (Wildman–Crippen MR) is 186 cm³/mol. The first-order chi connectivity index (χ1) is 21.9. The number of carbonyl (C=O) groups excluding carboxylic acids is 2. The van der Waals surface area contributed by atoms with Gasteiger partial charge >= 0.3 is 0 Å². The first-order valence-electron chi connectivity index (χ1n) is 14.8. The normalized spacial score (nSPS) is 12.0. The van der Waals surface area contributed by atoms with Crippen LogP contribution < -0.4 is 9.62 Å². The van der Waals surface area contributed by atoms with Crippen molar-refractivity contribution in [2.75, 3.05) is 17.4 Å². The van der Waals surface area contributed by atoms with Crippen molar-refractivity contribution in [1.29, 1.82) is 0 Å². The molecule has 0 saturated heterocycles.